The molecule has 2 rings (SSSR count). The largest absolute Gasteiger partial charge is 0.392 e. The molecule has 0 spiro atoms. The van der Waals surface area contributed by atoms with Crippen LogP contribution in [0.5, 0.6) is 0 Å². The van der Waals surface area contributed by atoms with Crippen molar-refractivity contribution in [1.29, 1.82) is 0 Å². The highest BCUT2D eigenvalue weighted by Crippen LogP contribution is 2.25. The maximum atomic E-state index is 9.63. The number of hydrogen-bond donors (Lipinski definition) is 1. The molecule has 0 amide bonds. The molecule has 96 valence electrons. The van der Waals surface area contributed by atoms with Crippen molar-refractivity contribution in [1.82, 2.24) is 9.88 Å². The van der Waals surface area contributed by atoms with E-state index in [1.807, 2.05) is 0 Å². The van der Waals surface area contributed by atoms with Crippen molar-refractivity contribution < 1.29 is 5.11 Å². The van der Waals surface area contributed by atoms with Crippen LogP contribution in [-0.4, -0.2) is 34.2 Å². The third-order valence-corrected chi connectivity index (χ3v) is 3.99. The SMILES string of the molecule is CC(C)(C)c1csc(CN2CCC[C@H](O)C2)n1. The molecule has 0 unspecified atom stereocenters. The number of likely N-dealkylation sites (tertiary alicyclic amines) is 1. The number of nitrogens with zero attached hydrogens (tertiary/aromatic N) is 2. The number of aliphatic hydroxyl groups excluding tert-OH is 1. The molecule has 1 saturated heterocycles. The summed E-state index contributed by atoms with van der Waals surface area (Å²) in [4.78, 5) is 7.00. The Morgan fingerprint density at radius 1 is 1.53 bits per heavy atom. The minimum absolute atomic E-state index is 0.135. The Morgan fingerprint density at radius 3 is 2.88 bits per heavy atom. The van der Waals surface area contributed by atoms with Crippen molar-refractivity contribution in [3.05, 3.63) is 16.1 Å². The van der Waals surface area contributed by atoms with E-state index in [1.54, 1.807) is 11.3 Å². The molecule has 4 heteroatoms. The molecule has 1 N–H and O–H groups in total. The molecule has 1 fully saturated rings. The number of β-amino-alcohol motifs (C(OH)–C–C–N with tert-alkyl or cyclic N) is 1. The molecule has 0 bridgehead atoms. The number of thiazole rings is 1. The van der Waals surface area contributed by atoms with Gasteiger partial charge in [-0.05, 0) is 19.4 Å². The van der Waals surface area contributed by atoms with E-state index >= 15 is 0 Å². The summed E-state index contributed by atoms with van der Waals surface area (Å²) in [5.41, 5.74) is 1.31. The van der Waals surface area contributed by atoms with E-state index in [-0.39, 0.29) is 11.5 Å². The second kappa shape index (κ2) is 5.04. The Hall–Kier alpha value is -0.450. The molecule has 17 heavy (non-hydrogen) atoms. The van der Waals surface area contributed by atoms with Crippen LogP contribution in [0.15, 0.2) is 5.38 Å². The van der Waals surface area contributed by atoms with Crippen molar-refractivity contribution in [2.75, 3.05) is 13.1 Å². The van der Waals surface area contributed by atoms with Crippen LogP contribution in [0, 0.1) is 0 Å². The summed E-state index contributed by atoms with van der Waals surface area (Å²) in [6.45, 7) is 9.34. The highest BCUT2D eigenvalue weighted by Gasteiger charge is 2.21. The molecule has 1 aliphatic rings. The quantitative estimate of drug-likeness (QED) is 0.880. The van der Waals surface area contributed by atoms with Gasteiger partial charge in [0.05, 0.1) is 18.3 Å². The number of rotatable bonds is 2. The standard InChI is InChI=1S/C13H22N2OS/c1-13(2,3)11-9-17-12(14-11)8-15-6-4-5-10(16)7-15/h9-10,16H,4-8H2,1-3H3/t10-/m0/s1. The van der Waals surface area contributed by atoms with Crippen LogP contribution in [0.4, 0.5) is 0 Å². The van der Waals surface area contributed by atoms with Gasteiger partial charge in [0.15, 0.2) is 0 Å². The van der Waals surface area contributed by atoms with Crippen LogP contribution in [0.25, 0.3) is 0 Å². The first-order valence-corrected chi connectivity index (χ1v) is 7.18. The summed E-state index contributed by atoms with van der Waals surface area (Å²) in [6, 6.07) is 0. The van der Waals surface area contributed by atoms with Gasteiger partial charge >= 0.3 is 0 Å². The fraction of sp³-hybridized carbons (Fsp3) is 0.769. The van der Waals surface area contributed by atoms with Gasteiger partial charge in [-0.2, -0.15) is 0 Å². The zero-order valence-electron chi connectivity index (χ0n) is 10.9. The van der Waals surface area contributed by atoms with E-state index in [2.05, 4.69) is 31.1 Å². The van der Waals surface area contributed by atoms with E-state index in [0.29, 0.717) is 0 Å². The molecule has 1 aromatic rings. The normalized spacial score (nSPS) is 22.9. The van der Waals surface area contributed by atoms with Crippen molar-refractivity contribution in [2.24, 2.45) is 0 Å². The summed E-state index contributed by atoms with van der Waals surface area (Å²) in [7, 11) is 0. The summed E-state index contributed by atoms with van der Waals surface area (Å²) >= 11 is 1.74. The van der Waals surface area contributed by atoms with Gasteiger partial charge in [-0.1, -0.05) is 20.8 Å². The lowest BCUT2D eigenvalue weighted by Gasteiger charge is -2.29. The van der Waals surface area contributed by atoms with E-state index in [9.17, 15) is 5.11 Å². The molecule has 0 aromatic carbocycles. The molecular weight excluding hydrogens is 232 g/mol. The molecule has 0 saturated carbocycles. The van der Waals surface area contributed by atoms with Crippen molar-refractivity contribution in [3.8, 4) is 0 Å². The summed E-state index contributed by atoms with van der Waals surface area (Å²) in [6.07, 6.45) is 1.89. The lowest BCUT2D eigenvalue weighted by Crippen LogP contribution is -2.37. The molecule has 1 atom stereocenters. The van der Waals surface area contributed by atoms with Gasteiger partial charge in [0.1, 0.15) is 5.01 Å². The van der Waals surface area contributed by atoms with Crippen molar-refractivity contribution in [3.63, 3.8) is 0 Å². The Balaban J connectivity index is 1.97. The number of aliphatic hydroxyl groups is 1. The van der Waals surface area contributed by atoms with E-state index in [1.165, 1.54) is 10.7 Å². The van der Waals surface area contributed by atoms with E-state index in [4.69, 9.17) is 4.98 Å². The molecule has 2 heterocycles. The van der Waals surface area contributed by atoms with Crippen LogP contribution in [0.2, 0.25) is 0 Å². The predicted molar refractivity (Wildman–Crippen MR) is 71.3 cm³/mol. The van der Waals surface area contributed by atoms with Gasteiger partial charge in [0.25, 0.3) is 0 Å². The predicted octanol–water partition coefficient (Wildman–Crippen LogP) is 2.40. The van der Waals surface area contributed by atoms with Gasteiger partial charge in [0.2, 0.25) is 0 Å². The Kier molecular flexibility index (Phi) is 3.85. The fourth-order valence-corrected chi connectivity index (χ4v) is 3.16. The smallest absolute Gasteiger partial charge is 0.107 e. The molecule has 0 aliphatic carbocycles. The first-order valence-electron chi connectivity index (χ1n) is 6.30. The number of piperidine rings is 1. The molecule has 1 aliphatic heterocycles. The zero-order valence-corrected chi connectivity index (χ0v) is 11.8. The summed E-state index contributed by atoms with van der Waals surface area (Å²) in [5, 5.41) is 13.0. The van der Waals surface area contributed by atoms with Crippen molar-refractivity contribution in [2.45, 2.75) is 51.7 Å². The lowest BCUT2D eigenvalue weighted by molar-refractivity contribution is 0.0667. The van der Waals surface area contributed by atoms with E-state index < -0.39 is 0 Å². The summed E-state index contributed by atoms with van der Waals surface area (Å²) < 4.78 is 0. The maximum Gasteiger partial charge on any atom is 0.107 e. The lowest BCUT2D eigenvalue weighted by atomic mass is 9.93. The van der Waals surface area contributed by atoms with Gasteiger partial charge in [-0.25, -0.2) is 4.98 Å². The average molecular weight is 254 g/mol. The Bertz CT molecular complexity index is 370. The Labute approximate surface area is 107 Å². The highest BCUT2D eigenvalue weighted by molar-refractivity contribution is 7.09. The van der Waals surface area contributed by atoms with Gasteiger partial charge in [-0.3, -0.25) is 4.90 Å². The molecular formula is C13H22N2OS. The Morgan fingerprint density at radius 2 is 2.29 bits per heavy atom. The first-order chi connectivity index (χ1) is 7.95. The third-order valence-electron chi connectivity index (χ3n) is 3.16. The maximum absolute atomic E-state index is 9.63. The molecule has 1 aromatic heterocycles. The van der Waals surface area contributed by atoms with Crippen LogP contribution in [0.3, 0.4) is 0 Å². The first kappa shape index (κ1) is 13.0. The topological polar surface area (TPSA) is 36.4 Å². The minimum atomic E-state index is -0.147. The van der Waals surface area contributed by atoms with Gasteiger partial charge in [0, 0.05) is 17.3 Å². The minimum Gasteiger partial charge on any atom is -0.392 e. The van der Waals surface area contributed by atoms with Crippen LogP contribution in [-0.2, 0) is 12.0 Å². The highest BCUT2D eigenvalue weighted by atomic mass is 32.1. The van der Waals surface area contributed by atoms with Crippen LogP contribution < -0.4 is 0 Å². The second-order valence-corrected chi connectivity index (χ2v) is 6.85. The van der Waals surface area contributed by atoms with Crippen LogP contribution >= 0.6 is 11.3 Å². The molecule has 0 radical (unpaired) electrons. The van der Waals surface area contributed by atoms with Crippen molar-refractivity contribution >= 4 is 11.3 Å². The fourth-order valence-electron chi connectivity index (χ4n) is 2.09. The third kappa shape index (κ3) is 3.50. The number of hydrogen-bond acceptors (Lipinski definition) is 4. The van der Waals surface area contributed by atoms with Crippen LogP contribution in [0.1, 0.15) is 44.3 Å². The van der Waals surface area contributed by atoms with Gasteiger partial charge < -0.3 is 5.11 Å². The van der Waals surface area contributed by atoms with E-state index in [0.717, 1.165) is 32.5 Å². The number of aromatic nitrogens is 1. The summed E-state index contributed by atoms with van der Waals surface area (Å²) in [5.74, 6) is 0. The zero-order chi connectivity index (χ0) is 12.5. The van der Waals surface area contributed by atoms with Gasteiger partial charge in [-0.15, -0.1) is 11.3 Å². The second-order valence-electron chi connectivity index (χ2n) is 5.91. The average Bonchev–Trinajstić information content (AvgIpc) is 2.65. The monoisotopic (exact) mass is 254 g/mol. The molecule has 3 nitrogen and oxygen atoms in total.